The molecule has 0 saturated carbocycles. The van der Waals surface area contributed by atoms with E-state index in [1.807, 2.05) is 13.8 Å². The average Bonchev–Trinajstić information content (AvgIpc) is 2.10. The van der Waals surface area contributed by atoms with Crippen LogP contribution < -0.4 is 0 Å². The van der Waals surface area contributed by atoms with Gasteiger partial charge in [0.2, 0.25) is 0 Å². The first kappa shape index (κ1) is 11.0. The van der Waals surface area contributed by atoms with E-state index in [9.17, 15) is 0 Å². The molecule has 1 heteroatoms. The van der Waals surface area contributed by atoms with Gasteiger partial charge in [0, 0.05) is 0 Å². The van der Waals surface area contributed by atoms with E-state index in [1.165, 1.54) is 23.7 Å². The molecule has 0 saturated heterocycles. The summed E-state index contributed by atoms with van der Waals surface area (Å²) in [5, 5.41) is 0. The molecule has 0 aliphatic heterocycles. The van der Waals surface area contributed by atoms with Crippen molar-refractivity contribution in [1.29, 1.82) is 0 Å². The minimum absolute atomic E-state index is 1.19. The highest BCUT2D eigenvalue weighted by atomic mass is 79.9. The van der Waals surface area contributed by atoms with Crippen molar-refractivity contribution in [1.82, 2.24) is 0 Å². The summed E-state index contributed by atoms with van der Waals surface area (Å²) in [6, 6.07) is 0. The van der Waals surface area contributed by atoms with Crippen LogP contribution in [0.3, 0.4) is 0 Å². The second kappa shape index (κ2) is 6.66. The molecular formula is C10H17Br. The van der Waals surface area contributed by atoms with E-state index < -0.39 is 0 Å². The predicted octanol–water partition coefficient (Wildman–Crippen LogP) is 4.42. The Bertz CT molecular complexity index is 154. The van der Waals surface area contributed by atoms with Gasteiger partial charge in [-0.2, -0.15) is 0 Å². The summed E-state index contributed by atoms with van der Waals surface area (Å²) in [5.41, 5.74) is 1.57. The first-order chi connectivity index (χ1) is 5.33. The van der Waals surface area contributed by atoms with E-state index >= 15 is 0 Å². The first-order valence-electron chi connectivity index (χ1n) is 4.37. The quantitative estimate of drug-likeness (QED) is 0.609. The molecule has 0 bridgehead atoms. The fraction of sp³-hybridized carbons (Fsp3) is 0.600. The van der Waals surface area contributed by atoms with Gasteiger partial charge in [0.1, 0.15) is 0 Å². The van der Waals surface area contributed by atoms with Crippen molar-refractivity contribution >= 4 is 15.9 Å². The van der Waals surface area contributed by atoms with Crippen molar-refractivity contribution in [3.05, 3.63) is 22.2 Å². The van der Waals surface area contributed by atoms with E-state index in [4.69, 9.17) is 0 Å². The van der Waals surface area contributed by atoms with Crippen LogP contribution in [0.5, 0.6) is 0 Å². The lowest BCUT2D eigenvalue weighted by atomic mass is 10.0. The summed E-state index contributed by atoms with van der Waals surface area (Å²) >= 11 is 3.46. The minimum Gasteiger partial charge on any atom is -0.0701 e. The molecule has 1 rings (SSSR count). The van der Waals surface area contributed by atoms with Gasteiger partial charge in [0.15, 0.2) is 0 Å². The zero-order valence-corrected chi connectivity index (χ0v) is 9.24. The Morgan fingerprint density at radius 2 is 1.91 bits per heavy atom. The van der Waals surface area contributed by atoms with Gasteiger partial charge < -0.3 is 0 Å². The third kappa shape index (κ3) is 4.41. The van der Waals surface area contributed by atoms with Crippen molar-refractivity contribution in [2.75, 3.05) is 0 Å². The highest BCUT2D eigenvalue weighted by molar-refractivity contribution is 9.11. The molecule has 0 N–H and O–H groups in total. The summed E-state index contributed by atoms with van der Waals surface area (Å²) in [5.74, 6) is 0. The van der Waals surface area contributed by atoms with E-state index in [-0.39, 0.29) is 0 Å². The summed E-state index contributed by atoms with van der Waals surface area (Å²) < 4.78 is 1.33. The molecule has 0 aromatic rings. The molecule has 1 aliphatic carbocycles. The Labute approximate surface area is 78.5 Å². The highest BCUT2D eigenvalue weighted by Gasteiger charge is 2.00. The zero-order valence-electron chi connectivity index (χ0n) is 7.65. The monoisotopic (exact) mass is 216 g/mol. The SMILES string of the molecule is CC.CCC1=CC=C(Br)CC1. The predicted molar refractivity (Wildman–Crippen MR) is 56.0 cm³/mol. The van der Waals surface area contributed by atoms with Gasteiger partial charge in [0.25, 0.3) is 0 Å². The van der Waals surface area contributed by atoms with Crippen molar-refractivity contribution in [3.63, 3.8) is 0 Å². The number of hydrogen-bond donors (Lipinski definition) is 0. The van der Waals surface area contributed by atoms with E-state index in [2.05, 4.69) is 35.0 Å². The molecule has 11 heavy (non-hydrogen) atoms. The van der Waals surface area contributed by atoms with Crippen LogP contribution >= 0.6 is 15.9 Å². The van der Waals surface area contributed by atoms with Crippen molar-refractivity contribution in [3.8, 4) is 0 Å². The molecule has 1 aliphatic rings. The highest BCUT2D eigenvalue weighted by Crippen LogP contribution is 2.23. The van der Waals surface area contributed by atoms with Crippen LogP contribution in [0, 0.1) is 0 Å². The molecule has 0 nitrogen and oxygen atoms in total. The van der Waals surface area contributed by atoms with Crippen LogP contribution in [0.2, 0.25) is 0 Å². The van der Waals surface area contributed by atoms with Crippen LogP contribution in [0.25, 0.3) is 0 Å². The molecule has 0 heterocycles. The van der Waals surface area contributed by atoms with Gasteiger partial charge in [-0.25, -0.2) is 0 Å². The number of rotatable bonds is 1. The van der Waals surface area contributed by atoms with Crippen LogP contribution in [0.1, 0.15) is 40.0 Å². The number of halogens is 1. The minimum atomic E-state index is 1.19. The normalized spacial score (nSPS) is 16.0. The van der Waals surface area contributed by atoms with Crippen molar-refractivity contribution in [2.24, 2.45) is 0 Å². The molecule has 0 spiro atoms. The second-order valence-electron chi connectivity index (χ2n) is 2.29. The van der Waals surface area contributed by atoms with Gasteiger partial charge in [-0.3, -0.25) is 0 Å². The molecule has 0 unspecified atom stereocenters. The van der Waals surface area contributed by atoms with E-state index in [1.54, 1.807) is 5.57 Å². The molecule has 0 atom stereocenters. The van der Waals surface area contributed by atoms with Crippen LogP contribution in [-0.4, -0.2) is 0 Å². The lowest BCUT2D eigenvalue weighted by Gasteiger charge is -2.07. The van der Waals surface area contributed by atoms with Gasteiger partial charge in [-0.15, -0.1) is 0 Å². The fourth-order valence-corrected chi connectivity index (χ4v) is 1.28. The summed E-state index contributed by atoms with van der Waals surface area (Å²) in [6.07, 6.45) is 8.01. The van der Waals surface area contributed by atoms with Crippen molar-refractivity contribution < 1.29 is 0 Å². The Balaban J connectivity index is 0.000000461. The third-order valence-corrected chi connectivity index (χ3v) is 2.30. The summed E-state index contributed by atoms with van der Waals surface area (Å²) in [7, 11) is 0. The van der Waals surface area contributed by atoms with Crippen molar-refractivity contribution in [2.45, 2.75) is 40.0 Å². The fourth-order valence-electron chi connectivity index (χ4n) is 0.950. The molecule has 0 radical (unpaired) electrons. The van der Waals surface area contributed by atoms with E-state index in [0.29, 0.717) is 0 Å². The molecule has 0 aromatic carbocycles. The number of allylic oxidation sites excluding steroid dienone is 4. The van der Waals surface area contributed by atoms with Crippen LogP contribution in [-0.2, 0) is 0 Å². The van der Waals surface area contributed by atoms with Gasteiger partial charge >= 0.3 is 0 Å². The third-order valence-electron chi connectivity index (χ3n) is 1.64. The maximum Gasteiger partial charge on any atom is -0.00462 e. The summed E-state index contributed by atoms with van der Waals surface area (Å²) in [6.45, 7) is 6.21. The average molecular weight is 217 g/mol. The molecular weight excluding hydrogens is 200 g/mol. The molecule has 64 valence electrons. The topological polar surface area (TPSA) is 0 Å². The Morgan fingerprint density at radius 1 is 1.27 bits per heavy atom. The first-order valence-corrected chi connectivity index (χ1v) is 5.16. The maximum atomic E-state index is 3.46. The smallest absolute Gasteiger partial charge is 0.00462 e. The number of hydrogen-bond acceptors (Lipinski definition) is 0. The lowest BCUT2D eigenvalue weighted by molar-refractivity contribution is 0.889. The standard InChI is InChI=1S/C8H11Br.C2H6/c1-2-7-3-5-8(9)6-4-7;1-2/h3,5H,2,4,6H2,1H3;1-2H3. The Kier molecular flexibility index (Phi) is 6.63. The molecule has 0 fully saturated rings. The van der Waals surface area contributed by atoms with Crippen LogP contribution in [0.15, 0.2) is 22.2 Å². The second-order valence-corrected chi connectivity index (χ2v) is 3.31. The van der Waals surface area contributed by atoms with Gasteiger partial charge in [-0.05, 0) is 23.7 Å². The molecule has 0 aromatic heterocycles. The van der Waals surface area contributed by atoms with E-state index in [0.717, 1.165) is 0 Å². The molecule has 0 amide bonds. The summed E-state index contributed by atoms with van der Waals surface area (Å²) in [4.78, 5) is 0. The van der Waals surface area contributed by atoms with Crippen LogP contribution in [0.4, 0.5) is 0 Å². The Hall–Kier alpha value is -0.0400. The maximum absolute atomic E-state index is 3.46. The lowest BCUT2D eigenvalue weighted by Crippen LogP contribution is -1.86. The van der Waals surface area contributed by atoms with Gasteiger partial charge in [-0.1, -0.05) is 54.4 Å². The zero-order chi connectivity index (χ0) is 8.69. The largest absolute Gasteiger partial charge is 0.0701 e. The van der Waals surface area contributed by atoms with Gasteiger partial charge in [0.05, 0.1) is 0 Å². The Morgan fingerprint density at radius 3 is 2.27 bits per heavy atom.